The first-order chi connectivity index (χ1) is 13.4. The fourth-order valence-electron chi connectivity index (χ4n) is 2.45. The molecule has 0 atom stereocenters. The fraction of sp³-hybridized carbons (Fsp3) is 0.474. The van der Waals surface area contributed by atoms with Gasteiger partial charge in [0.25, 0.3) is 5.56 Å². The molecule has 1 aromatic heterocycles. The molecule has 1 amide bonds. The average molecular weight is 390 g/mol. The summed E-state index contributed by atoms with van der Waals surface area (Å²) < 4.78 is 15.9. The van der Waals surface area contributed by atoms with Gasteiger partial charge in [0.2, 0.25) is 5.91 Å². The molecule has 1 aromatic carbocycles. The van der Waals surface area contributed by atoms with Gasteiger partial charge in [-0.3, -0.25) is 9.59 Å². The van der Waals surface area contributed by atoms with E-state index in [2.05, 4.69) is 20.5 Å². The molecule has 0 unspecified atom stereocenters. The zero-order valence-corrected chi connectivity index (χ0v) is 16.6. The number of H-pyrrole nitrogens is 1. The molecule has 28 heavy (non-hydrogen) atoms. The van der Waals surface area contributed by atoms with E-state index in [4.69, 9.17) is 14.2 Å². The Morgan fingerprint density at radius 3 is 2.61 bits per heavy atom. The number of aromatic amines is 1. The number of methoxy groups -OCH3 is 2. The predicted molar refractivity (Wildman–Crippen MR) is 104 cm³/mol. The van der Waals surface area contributed by atoms with Crippen molar-refractivity contribution in [3.8, 4) is 22.9 Å². The maximum absolute atomic E-state index is 12.3. The summed E-state index contributed by atoms with van der Waals surface area (Å²) in [6, 6.07) is 5.24. The fourth-order valence-corrected chi connectivity index (χ4v) is 2.45. The monoisotopic (exact) mass is 390 g/mol. The van der Waals surface area contributed by atoms with E-state index in [1.165, 1.54) is 7.11 Å². The summed E-state index contributed by atoms with van der Waals surface area (Å²) in [5.41, 5.74) is 0.473. The number of amides is 1. The van der Waals surface area contributed by atoms with Crippen molar-refractivity contribution in [2.75, 3.05) is 27.4 Å². The lowest BCUT2D eigenvalue weighted by Gasteiger charge is -2.11. The molecule has 1 heterocycles. The van der Waals surface area contributed by atoms with Gasteiger partial charge in [0.05, 0.1) is 13.7 Å². The molecular formula is C19H26N4O5. The Labute approximate surface area is 163 Å². The number of benzene rings is 1. The Kier molecular flexibility index (Phi) is 7.94. The number of nitrogens with zero attached hydrogens (tertiary/aromatic N) is 2. The van der Waals surface area contributed by atoms with Crippen LogP contribution in [0.3, 0.4) is 0 Å². The highest BCUT2D eigenvalue weighted by Gasteiger charge is 2.12. The molecule has 2 rings (SSSR count). The first kappa shape index (κ1) is 21.4. The molecule has 0 radical (unpaired) electrons. The summed E-state index contributed by atoms with van der Waals surface area (Å²) in [5.74, 6) is 1.24. The van der Waals surface area contributed by atoms with E-state index >= 15 is 0 Å². The standard InChI is InChI=1S/C19H26N4O5/c1-12(2)20-17(24)8-6-14-19(25)21-18(23-22-14)13-5-7-15(16(11-13)27-4)28-10-9-26-3/h5,7,11-12H,6,8-10H2,1-4H3,(H,20,24)(H,21,23,25). The third-order valence-corrected chi connectivity index (χ3v) is 3.79. The number of hydrogen-bond acceptors (Lipinski definition) is 7. The lowest BCUT2D eigenvalue weighted by Crippen LogP contribution is -2.31. The highest BCUT2D eigenvalue weighted by atomic mass is 16.5. The van der Waals surface area contributed by atoms with Crippen molar-refractivity contribution in [3.63, 3.8) is 0 Å². The molecular weight excluding hydrogens is 364 g/mol. The van der Waals surface area contributed by atoms with Crippen LogP contribution in [-0.2, 0) is 16.0 Å². The van der Waals surface area contributed by atoms with Crippen LogP contribution in [0.25, 0.3) is 11.4 Å². The third-order valence-electron chi connectivity index (χ3n) is 3.79. The molecule has 9 heteroatoms. The minimum absolute atomic E-state index is 0.0516. The van der Waals surface area contributed by atoms with E-state index < -0.39 is 0 Å². The number of aromatic nitrogens is 3. The maximum Gasteiger partial charge on any atom is 0.273 e. The van der Waals surface area contributed by atoms with E-state index in [0.29, 0.717) is 36.1 Å². The zero-order chi connectivity index (χ0) is 20.5. The van der Waals surface area contributed by atoms with Crippen molar-refractivity contribution >= 4 is 5.91 Å². The molecule has 9 nitrogen and oxygen atoms in total. The minimum Gasteiger partial charge on any atom is -0.493 e. The Morgan fingerprint density at radius 1 is 1.18 bits per heavy atom. The lowest BCUT2D eigenvalue weighted by molar-refractivity contribution is -0.121. The second kappa shape index (κ2) is 10.4. The zero-order valence-electron chi connectivity index (χ0n) is 16.6. The average Bonchev–Trinajstić information content (AvgIpc) is 2.66. The number of ether oxygens (including phenoxy) is 3. The molecule has 0 fully saturated rings. The molecule has 2 aromatic rings. The number of rotatable bonds is 10. The van der Waals surface area contributed by atoms with Gasteiger partial charge in [-0.15, -0.1) is 10.2 Å². The lowest BCUT2D eigenvalue weighted by atomic mass is 10.2. The number of carbonyl (C=O) groups excluding carboxylic acids is 1. The van der Waals surface area contributed by atoms with Crippen LogP contribution in [0, 0.1) is 0 Å². The SMILES string of the molecule is COCCOc1ccc(-c2nnc(CCC(=O)NC(C)C)c(=O)[nH]2)cc1OC. The molecule has 0 aliphatic heterocycles. The predicted octanol–water partition coefficient (Wildman–Crippen LogP) is 1.32. The van der Waals surface area contributed by atoms with Crippen LogP contribution in [-0.4, -0.2) is 54.6 Å². The molecule has 152 valence electrons. The van der Waals surface area contributed by atoms with Gasteiger partial charge in [0.15, 0.2) is 17.3 Å². The Bertz CT molecular complexity index is 850. The Morgan fingerprint density at radius 2 is 1.96 bits per heavy atom. The summed E-state index contributed by atoms with van der Waals surface area (Å²) >= 11 is 0. The highest BCUT2D eigenvalue weighted by Crippen LogP contribution is 2.31. The topological polar surface area (TPSA) is 115 Å². The summed E-state index contributed by atoms with van der Waals surface area (Å²) in [7, 11) is 3.13. The van der Waals surface area contributed by atoms with Crippen molar-refractivity contribution < 1.29 is 19.0 Å². The van der Waals surface area contributed by atoms with Gasteiger partial charge >= 0.3 is 0 Å². The number of hydrogen-bond donors (Lipinski definition) is 2. The molecule has 0 saturated heterocycles. The van der Waals surface area contributed by atoms with Crippen molar-refractivity contribution in [1.29, 1.82) is 0 Å². The summed E-state index contributed by atoms with van der Waals surface area (Å²) in [4.78, 5) is 26.7. The van der Waals surface area contributed by atoms with E-state index in [1.54, 1.807) is 25.3 Å². The third kappa shape index (κ3) is 6.05. The molecule has 0 bridgehead atoms. The highest BCUT2D eigenvalue weighted by molar-refractivity contribution is 5.76. The van der Waals surface area contributed by atoms with Crippen LogP contribution < -0.4 is 20.3 Å². The van der Waals surface area contributed by atoms with Crippen LogP contribution in [0.15, 0.2) is 23.0 Å². The van der Waals surface area contributed by atoms with Crippen LogP contribution in [0.5, 0.6) is 11.5 Å². The molecule has 0 spiro atoms. The van der Waals surface area contributed by atoms with E-state index in [-0.39, 0.29) is 36.0 Å². The molecule has 2 N–H and O–H groups in total. The van der Waals surface area contributed by atoms with E-state index in [1.807, 2.05) is 13.8 Å². The first-order valence-electron chi connectivity index (χ1n) is 9.00. The van der Waals surface area contributed by atoms with Gasteiger partial charge < -0.3 is 24.5 Å². The van der Waals surface area contributed by atoms with Crippen molar-refractivity contribution in [1.82, 2.24) is 20.5 Å². The quantitative estimate of drug-likeness (QED) is 0.588. The normalized spacial score (nSPS) is 10.8. The van der Waals surface area contributed by atoms with Crippen LogP contribution in [0.2, 0.25) is 0 Å². The minimum atomic E-state index is -0.373. The smallest absolute Gasteiger partial charge is 0.273 e. The van der Waals surface area contributed by atoms with E-state index in [9.17, 15) is 9.59 Å². The number of nitrogens with one attached hydrogen (secondary N) is 2. The Balaban J connectivity index is 2.12. The van der Waals surface area contributed by atoms with Gasteiger partial charge in [0.1, 0.15) is 12.3 Å². The van der Waals surface area contributed by atoms with Crippen LogP contribution in [0.4, 0.5) is 0 Å². The van der Waals surface area contributed by atoms with Crippen molar-refractivity contribution in [2.24, 2.45) is 0 Å². The summed E-state index contributed by atoms with van der Waals surface area (Å²) in [5, 5.41) is 10.8. The number of aryl methyl sites for hydroxylation is 1. The number of carbonyl (C=O) groups is 1. The van der Waals surface area contributed by atoms with Gasteiger partial charge in [-0.2, -0.15) is 0 Å². The van der Waals surface area contributed by atoms with E-state index in [0.717, 1.165) is 0 Å². The maximum atomic E-state index is 12.3. The Hall–Kier alpha value is -2.94. The summed E-state index contributed by atoms with van der Waals surface area (Å²) in [6.07, 6.45) is 0.396. The molecule has 0 saturated carbocycles. The summed E-state index contributed by atoms with van der Waals surface area (Å²) in [6.45, 7) is 4.60. The van der Waals surface area contributed by atoms with Gasteiger partial charge in [0, 0.05) is 31.6 Å². The van der Waals surface area contributed by atoms with Gasteiger partial charge in [-0.1, -0.05) is 0 Å². The molecule has 0 aliphatic rings. The van der Waals surface area contributed by atoms with Crippen molar-refractivity contribution in [3.05, 3.63) is 34.2 Å². The second-order valence-corrected chi connectivity index (χ2v) is 6.38. The largest absolute Gasteiger partial charge is 0.493 e. The van der Waals surface area contributed by atoms with Gasteiger partial charge in [-0.25, -0.2) is 0 Å². The second-order valence-electron chi connectivity index (χ2n) is 6.38. The molecule has 0 aliphatic carbocycles. The first-order valence-corrected chi connectivity index (χ1v) is 9.00. The van der Waals surface area contributed by atoms with Gasteiger partial charge in [-0.05, 0) is 32.0 Å². The van der Waals surface area contributed by atoms with Crippen LogP contribution >= 0.6 is 0 Å². The van der Waals surface area contributed by atoms with Crippen molar-refractivity contribution in [2.45, 2.75) is 32.7 Å². The van der Waals surface area contributed by atoms with Crippen LogP contribution in [0.1, 0.15) is 26.0 Å².